The van der Waals surface area contributed by atoms with Crippen LogP contribution in [0.15, 0.2) is 15.2 Å². The molecule has 0 heterocycles. The van der Waals surface area contributed by atoms with Crippen molar-refractivity contribution in [3.05, 3.63) is 0 Å². The summed E-state index contributed by atoms with van der Waals surface area (Å²) >= 11 is 4.49. The van der Waals surface area contributed by atoms with Crippen LogP contribution in [0.4, 0.5) is 0 Å². The second-order valence-corrected chi connectivity index (χ2v) is 4.25. The van der Waals surface area contributed by atoms with Crippen LogP contribution in [0.25, 0.3) is 0 Å². The van der Waals surface area contributed by atoms with Crippen molar-refractivity contribution in [1.82, 2.24) is 0 Å². The van der Waals surface area contributed by atoms with Crippen molar-refractivity contribution in [3.8, 4) is 0 Å². The summed E-state index contributed by atoms with van der Waals surface area (Å²) < 4.78 is 0. The van der Waals surface area contributed by atoms with Gasteiger partial charge in [-0.2, -0.15) is 10.2 Å². The molecular formula is C8H15N3S. The minimum atomic E-state index is -0.574. The third-order valence-electron chi connectivity index (χ3n) is 0.914. The van der Waals surface area contributed by atoms with E-state index in [1.54, 1.807) is 0 Å². The van der Waals surface area contributed by atoms with Crippen molar-refractivity contribution in [1.29, 1.82) is 0 Å². The molecule has 4 heteroatoms. The van der Waals surface area contributed by atoms with Crippen LogP contribution < -0.4 is 0 Å². The minimum absolute atomic E-state index is 0.158. The van der Waals surface area contributed by atoms with Crippen LogP contribution in [0.5, 0.6) is 0 Å². The van der Waals surface area contributed by atoms with Gasteiger partial charge in [0.25, 0.3) is 0 Å². The maximum absolute atomic E-state index is 4.49. The van der Waals surface area contributed by atoms with E-state index in [4.69, 9.17) is 0 Å². The number of hydrogen-bond acceptors (Lipinski definition) is 4. The van der Waals surface area contributed by atoms with Crippen LogP contribution in [0.3, 0.4) is 0 Å². The normalized spacial score (nSPS) is 13.1. The molecule has 0 rings (SSSR count). The third-order valence-corrected chi connectivity index (χ3v) is 1.01. The molecule has 0 radical (unpaired) electrons. The standard InChI is InChI=1S/C8H15N3S/c1-7(2,3)10-11-8(4,5)9-6-12/h1-5H3/b11-10+. The predicted molar refractivity (Wildman–Crippen MR) is 53.7 cm³/mol. The number of hydrogen-bond donors (Lipinski definition) is 0. The van der Waals surface area contributed by atoms with Crippen molar-refractivity contribution >= 4 is 17.4 Å². The molecule has 0 N–H and O–H groups in total. The molecule has 0 fully saturated rings. The highest BCUT2D eigenvalue weighted by Gasteiger charge is 2.15. The number of nitrogens with zero attached hydrogens (tertiary/aromatic N) is 3. The van der Waals surface area contributed by atoms with Crippen molar-refractivity contribution in [2.45, 2.75) is 45.8 Å². The van der Waals surface area contributed by atoms with Gasteiger partial charge in [-0.25, -0.2) is 4.99 Å². The quantitative estimate of drug-likeness (QED) is 0.370. The molecule has 0 aromatic rings. The summed E-state index contributed by atoms with van der Waals surface area (Å²) in [7, 11) is 0. The summed E-state index contributed by atoms with van der Waals surface area (Å²) in [6.07, 6.45) is 0. The van der Waals surface area contributed by atoms with E-state index in [0.717, 1.165) is 0 Å². The topological polar surface area (TPSA) is 37.1 Å². The van der Waals surface area contributed by atoms with Crippen LogP contribution >= 0.6 is 12.2 Å². The van der Waals surface area contributed by atoms with E-state index in [1.807, 2.05) is 34.6 Å². The van der Waals surface area contributed by atoms with E-state index in [9.17, 15) is 0 Å². The Kier molecular flexibility index (Phi) is 3.68. The SMILES string of the molecule is CC(C)(C)/N=N/C(C)(C)N=C=S. The fraction of sp³-hybridized carbons (Fsp3) is 0.875. The van der Waals surface area contributed by atoms with E-state index in [2.05, 4.69) is 32.6 Å². The number of azo groups is 1. The van der Waals surface area contributed by atoms with Gasteiger partial charge < -0.3 is 0 Å². The molecule has 0 aromatic heterocycles. The molecular weight excluding hydrogens is 170 g/mol. The molecule has 0 aliphatic rings. The second kappa shape index (κ2) is 3.87. The Hall–Kier alpha value is -0.600. The zero-order chi connectivity index (χ0) is 9.83. The molecule has 0 spiro atoms. The number of aliphatic imine (C=N–C) groups is 1. The average molecular weight is 185 g/mol. The zero-order valence-corrected chi connectivity index (χ0v) is 9.07. The largest absolute Gasteiger partial charge is 0.201 e. The van der Waals surface area contributed by atoms with Gasteiger partial charge in [0, 0.05) is 0 Å². The maximum atomic E-state index is 4.49. The van der Waals surface area contributed by atoms with Crippen LogP contribution in [0.2, 0.25) is 0 Å². The first-order valence-corrected chi connectivity index (χ1v) is 4.21. The highest BCUT2D eigenvalue weighted by molar-refractivity contribution is 7.78. The highest BCUT2D eigenvalue weighted by atomic mass is 32.1. The van der Waals surface area contributed by atoms with Gasteiger partial charge in [0.2, 0.25) is 0 Å². The first kappa shape index (κ1) is 11.4. The second-order valence-electron chi connectivity index (χ2n) is 4.07. The summed E-state index contributed by atoms with van der Waals surface area (Å²) in [6.45, 7) is 9.61. The molecule has 0 unspecified atom stereocenters. The molecule has 0 aliphatic heterocycles. The summed E-state index contributed by atoms with van der Waals surface area (Å²) in [5.74, 6) is 0. The summed E-state index contributed by atoms with van der Waals surface area (Å²) in [5, 5.41) is 10.4. The average Bonchev–Trinajstić information content (AvgIpc) is 1.83. The van der Waals surface area contributed by atoms with Gasteiger partial charge in [-0.15, -0.1) is 0 Å². The van der Waals surface area contributed by atoms with Crippen molar-refractivity contribution in [3.63, 3.8) is 0 Å². The van der Waals surface area contributed by atoms with Gasteiger partial charge in [0.15, 0.2) is 5.66 Å². The first-order chi connectivity index (χ1) is 5.27. The Morgan fingerprint density at radius 2 is 1.50 bits per heavy atom. The Morgan fingerprint density at radius 1 is 1.00 bits per heavy atom. The summed E-state index contributed by atoms with van der Waals surface area (Å²) in [5.41, 5.74) is -0.733. The van der Waals surface area contributed by atoms with Crippen molar-refractivity contribution < 1.29 is 0 Å². The van der Waals surface area contributed by atoms with E-state index < -0.39 is 5.66 Å². The monoisotopic (exact) mass is 185 g/mol. The van der Waals surface area contributed by atoms with Gasteiger partial charge in [-0.3, -0.25) is 0 Å². The number of isothiocyanates is 1. The molecule has 12 heavy (non-hydrogen) atoms. The predicted octanol–water partition coefficient (Wildman–Crippen LogP) is 3.08. The zero-order valence-electron chi connectivity index (χ0n) is 8.25. The third kappa shape index (κ3) is 6.13. The van der Waals surface area contributed by atoms with Gasteiger partial charge >= 0.3 is 0 Å². The lowest BCUT2D eigenvalue weighted by atomic mass is 10.1. The number of rotatable bonds is 2. The molecule has 0 atom stereocenters. The minimum Gasteiger partial charge on any atom is -0.201 e. The smallest absolute Gasteiger partial charge is 0.174 e. The highest BCUT2D eigenvalue weighted by Crippen LogP contribution is 2.15. The Balaban J connectivity index is 4.43. The Labute approximate surface area is 79.0 Å². The lowest BCUT2D eigenvalue weighted by molar-refractivity contribution is 0.454. The van der Waals surface area contributed by atoms with Gasteiger partial charge in [-0.1, -0.05) is 0 Å². The Bertz CT molecular complexity index is 219. The first-order valence-electron chi connectivity index (χ1n) is 3.80. The summed E-state index contributed by atoms with van der Waals surface area (Å²) in [6, 6.07) is 0. The van der Waals surface area contributed by atoms with Gasteiger partial charge in [0.05, 0.1) is 10.7 Å². The number of thiocarbonyl (C=S) groups is 1. The molecule has 0 saturated carbocycles. The van der Waals surface area contributed by atoms with Crippen LogP contribution in [0, 0.1) is 0 Å². The van der Waals surface area contributed by atoms with E-state index in [-0.39, 0.29) is 5.54 Å². The molecule has 0 aliphatic carbocycles. The Morgan fingerprint density at radius 3 is 1.83 bits per heavy atom. The van der Waals surface area contributed by atoms with E-state index in [1.165, 1.54) is 0 Å². The molecule has 3 nitrogen and oxygen atoms in total. The summed E-state index contributed by atoms with van der Waals surface area (Å²) in [4.78, 5) is 3.86. The molecule has 68 valence electrons. The fourth-order valence-electron chi connectivity index (χ4n) is 0.406. The van der Waals surface area contributed by atoms with Crippen LogP contribution in [-0.2, 0) is 0 Å². The lowest BCUT2D eigenvalue weighted by Gasteiger charge is -2.14. The molecule has 0 aromatic carbocycles. The maximum Gasteiger partial charge on any atom is 0.174 e. The molecule has 0 saturated heterocycles. The van der Waals surface area contributed by atoms with E-state index in [0.29, 0.717) is 0 Å². The lowest BCUT2D eigenvalue weighted by Crippen LogP contribution is -2.15. The van der Waals surface area contributed by atoms with Crippen LogP contribution in [-0.4, -0.2) is 16.4 Å². The van der Waals surface area contributed by atoms with E-state index >= 15 is 0 Å². The van der Waals surface area contributed by atoms with Crippen molar-refractivity contribution in [2.24, 2.45) is 15.2 Å². The fourth-order valence-corrected chi connectivity index (χ4v) is 0.630. The van der Waals surface area contributed by atoms with Gasteiger partial charge in [0.1, 0.15) is 0 Å². The van der Waals surface area contributed by atoms with Gasteiger partial charge in [-0.05, 0) is 46.8 Å². The van der Waals surface area contributed by atoms with Crippen LogP contribution in [0.1, 0.15) is 34.6 Å². The molecule has 0 amide bonds. The molecule has 0 bridgehead atoms. The van der Waals surface area contributed by atoms with Crippen molar-refractivity contribution in [2.75, 3.05) is 0 Å².